The summed E-state index contributed by atoms with van der Waals surface area (Å²) in [5.74, 6) is -1.15. The van der Waals surface area contributed by atoms with E-state index in [1.54, 1.807) is 17.4 Å². The number of aryl methyl sites for hydroxylation is 1. The van der Waals surface area contributed by atoms with Gasteiger partial charge in [0.2, 0.25) is 0 Å². The fourth-order valence-corrected chi connectivity index (χ4v) is 4.47. The highest BCUT2D eigenvalue weighted by Crippen LogP contribution is 2.37. The van der Waals surface area contributed by atoms with Gasteiger partial charge in [-0.25, -0.2) is 4.39 Å². The minimum absolute atomic E-state index is 0.0612. The van der Waals surface area contributed by atoms with E-state index in [2.05, 4.69) is 16.3 Å². The molecule has 0 radical (unpaired) electrons. The van der Waals surface area contributed by atoms with Crippen molar-refractivity contribution in [1.82, 2.24) is 4.90 Å². The van der Waals surface area contributed by atoms with Gasteiger partial charge in [-0.15, -0.1) is 11.3 Å². The smallest absolute Gasteiger partial charge is 0.306 e. The maximum atomic E-state index is 14.2. The van der Waals surface area contributed by atoms with E-state index in [1.807, 2.05) is 13.0 Å². The van der Waals surface area contributed by atoms with Crippen molar-refractivity contribution < 1.29 is 19.0 Å². The fourth-order valence-electron chi connectivity index (χ4n) is 3.41. The van der Waals surface area contributed by atoms with Gasteiger partial charge in [-0.2, -0.15) is 0 Å². The van der Waals surface area contributed by atoms with E-state index >= 15 is 0 Å². The number of benzene rings is 1. The number of methoxy groups -OCH3 is 1. The Labute approximate surface area is 150 Å². The van der Waals surface area contributed by atoms with Crippen LogP contribution < -0.4 is 4.74 Å². The van der Waals surface area contributed by atoms with Gasteiger partial charge in [0.15, 0.2) is 11.6 Å². The Hall–Kier alpha value is -1.92. The van der Waals surface area contributed by atoms with Crippen LogP contribution in [0.2, 0.25) is 0 Å². The zero-order valence-electron chi connectivity index (χ0n) is 14.4. The van der Waals surface area contributed by atoms with Crippen molar-refractivity contribution in [2.75, 3.05) is 20.2 Å². The Balaban J connectivity index is 1.91. The third-order valence-corrected chi connectivity index (χ3v) is 5.86. The molecule has 25 heavy (non-hydrogen) atoms. The molecule has 0 amide bonds. The molecular weight excluding hydrogens is 341 g/mol. The van der Waals surface area contributed by atoms with E-state index in [4.69, 9.17) is 4.74 Å². The van der Waals surface area contributed by atoms with Gasteiger partial charge in [-0.3, -0.25) is 9.69 Å². The van der Waals surface area contributed by atoms with Gasteiger partial charge in [-0.05, 0) is 67.6 Å². The average molecular weight is 363 g/mol. The molecule has 1 fully saturated rings. The lowest BCUT2D eigenvalue weighted by atomic mass is 9.93. The van der Waals surface area contributed by atoms with Gasteiger partial charge < -0.3 is 9.84 Å². The second-order valence-corrected chi connectivity index (χ2v) is 7.41. The van der Waals surface area contributed by atoms with Crippen LogP contribution in [0.1, 0.15) is 34.9 Å². The van der Waals surface area contributed by atoms with Gasteiger partial charge in [0.25, 0.3) is 0 Å². The van der Waals surface area contributed by atoms with E-state index in [0.717, 1.165) is 10.4 Å². The Morgan fingerprint density at radius 1 is 1.36 bits per heavy atom. The lowest BCUT2D eigenvalue weighted by Crippen LogP contribution is -2.39. The first kappa shape index (κ1) is 17.9. The number of carboxylic acid groups (broad SMARTS) is 1. The molecule has 0 bridgehead atoms. The summed E-state index contributed by atoms with van der Waals surface area (Å²) >= 11 is 1.66. The number of nitrogens with zero attached hydrogens (tertiary/aromatic N) is 1. The normalized spacial score (nSPS) is 17.4. The summed E-state index contributed by atoms with van der Waals surface area (Å²) in [6.45, 7) is 3.42. The SMILES string of the molecule is COc1ccc(C(c2cc(C)cs2)N2CCC(C(=O)O)CC2)cc1F. The van der Waals surface area contributed by atoms with Crippen molar-refractivity contribution in [2.24, 2.45) is 5.92 Å². The maximum Gasteiger partial charge on any atom is 0.306 e. The van der Waals surface area contributed by atoms with E-state index in [-0.39, 0.29) is 23.5 Å². The first-order chi connectivity index (χ1) is 12.0. The van der Waals surface area contributed by atoms with Gasteiger partial charge in [0.05, 0.1) is 19.1 Å². The lowest BCUT2D eigenvalue weighted by molar-refractivity contribution is -0.143. The molecule has 1 atom stereocenters. The van der Waals surface area contributed by atoms with Crippen molar-refractivity contribution in [3.63, 3.8) is 0 Å². The summed E-state index contributed by atoms with van der Waals surface area (Å²) in [5, 5.41) is 11.3. The van der Waals surface area contributed by atoms with Crippen molar-refractivity contribution in [3.8, 4) is 5.75 Å². The molecule has 1 unspecified atom stereocenters. The third-order valence-electron chi connectivity index (χ3n) is 4.76. The van der Waals surface area contributed by atoms with Gasteiger partial charge in [0, 0.05) is 4.88 Å². The number of hydrogen-bond acceptors (Lipinski definition) is 4. The molecule has 0 aliphatic carbocycles. The minimum Gasteiger partial charge on any atom is -0.494 e. The Morgan fingerprint density at radius 3 is 2.60 bits per heavy atom. The van der Waals surface area contributed by atoms with Crippen LogP contribution in [-0.2, 0) is 4.79 Å². The molecular formula is C19H22FNO3S. The second kappa shape index (κ2) is 7.54. The number of thiophene rings is 1. The largest absolute Gasteiger partial charge is 0.494 e. The predicted molar refractivity (Wildman–Crippen MR) is 95.8 cm³/mol. The molecule has 3 rings (SSSR count). The highest BCUT2D eigenvalue weighted by atomic mass is 32.1. The number of likely N-dealkylation sites (tertiary alicyclic amines) is 1. The molecule has 134 valence electrons. The van der Waals surface area contributed by atoms with Gasteiger partial charge in [0.1, 0.15) is 0 Å². The highest BCUT2D eigenvalue weighted by molar-refractivity contribution is 7.10. The molecule has 2 aromatic rings. The van der Waals surface area contributed by atoms with E-state index in [0.29, 0.717) is 25.9 Å². The topological polar surface area (TPSA) is 49.8 Å². The number of carboxylic acids is 1. The molecule has 1 N–H and O–H groups in total. The number of ether oxygens (including phenoxy) is 1. The average Bonchev–Trinajstić information content (AvgIpc) is 3.02. The minimum atomic E-state index is -0.723. The first-order valence-electron chi connectivity index (χ1n) is 8.35. The highest BCUT2D eigenvalue weighted by Gasteiger charge is 2.31. The summed E-state index contributed by atoms with van der Waals surface area (Å²) in [6.07, 6.45) is 1.24. The summed E-state index contributed by atoms with van der Waals surface area (Å²) in [7, 11) is 1.45. The van der Waals surface area contributed by atoms with Crippen LogP contribution in [0.4, 0.5) is 4.39 Å². The van der Waals surface area contributed by atoms with Crippen molar-refractivity contribution in [1.29, 1.82) is 0 Å². The molecule has 1 aromatic carbocycles. The van der Waals surface area contributed by atoms with E-state index in [9.17, 15) is 14.3 Å². The zero-order valence-corrected chi connectivity index (χ0v) is 15.2. The number of carbonyl (C=O) groups is 1. The zero-order chi connectivity index (χ0) is 18.0. The molecule has 1 saturated heterocycles. The summed E-state index contributed by atoms with van der Waals surface area (Å²) < 4.78 is 19.3. The van der Waals surface area contributed by atoms with Gasteiger partial charge >= 0.3 is 5.97 Å². The monoisotopic (exact) mass is 363 g/mol. The lowest BCUT2D eigenvalue weighted by Gasteiger charge is -2.36. The van der Waals surface area contributed by atoms with Crippen LogP contribution in [-0.4, -0.2) is 36.2 Å². The van der Waals surface area contributed by atoms with Crippen molar-refractivity contribution >= 4 is 17.3 Å². The van der Waals surface area contributed by atoms with Crippen LogP contribution >= 0.6 is 11.3 Å². The Bertz CT molecular complexity index is 753. The molecule has 1 aliphatic heterocycles. The Morgan fingerprint density at radius 2 is 2.08 bits per heavy atom. The number of hydrogen-bond donors (Lipinski definition) is 1. The predicted octanol–water partition coefficient (Wildman–Crippen LogP) is 4.09. The van der Waals surface area contributed by atoms with Crippen molar-refractivity contribution in [3.05, 3.63) is 51.5 Å². The number of aliphatic carboxylic acids is 1. The third kappa shape index (κ3) is 3.85. The maximum absolute atomic E-state index is 14.2. The summed E-state index contributed by atoms with van der Waals surface area (Å²) in [4.78, 5) is 14.6. The van der Waals surface area contributed by atoms with Crippen LogP contribution in [0, 0.1) is 18.7 Å². The molecule has 1 aliphatic rings. The molecule has 4 nitrogen and oxygen atoms in total. The number of rotatable bonds is 5. The Kier molecular flexibility index (Phi) is 5.39. The quantitative estimate of drug-likeness (QED) is 0.869. The van der Waals surface area contributed by atoms with Crippen LogP contribution in [0.15, 0.2) is 29.6 Å². The van der Waals surface area contributed by atoms with E-state index in [1.165, 1.54) is 18.7 Å². The number of halogens is 1. The first-order valence-corrected chi connectivity index (χ1v) is 9.23. The molecule has 1 aromatic heterocycles. The van der Waals surface area contributed by atoms with Crippen molar-refractivity contribution in [2.45, 2.75) is 25.8 Å². The van der Waals surface area contributed by atoms with Crippen LogP contribution in [0.3, 0.4) is 0 Å². The summed E-state index contributed by atoms with van der Waals surface area (Å²) in [5.41, 5.74) is 2.05. The molecule has 0 spiro atoms. The van der Waals surface area contributed by atoms with Crippen LogP contribution in [0.5, 0.6) is 5.75 Å². The molecule has 2 heterocycles. The van der Waals surface area contributed by atoms with E-state index < -0.39 is 5.97 Å². The number of piperidine rings is 1. The fraction of sp³-hybridized carbons (Fsp3) is 0.421. The second-order valence-electron chi connectivity index (χ2n) is 6.47. The van der Waals surface area contributed by atoms with Gasteiger partial charge in [-0.1, -0.05) is 6.07 Å². The summed E-state index contributed by atoms with van der Waals surface area (Å²) in [6, 6.07) is 7.14. The molecule has 0 saturated carbocycles. The molecule has 6 heteroatoms. The standard InChI is InChI=1S/C19H22FNO3S/c1-12-9-17(25-11-12)18(14-3-4-16(24-2)15(20)10-14)21-7-5-13(6-8-21)19(22)23/h3-4,9-11,13,18H,5-8H2,1-2H3,(H,22,23). The van der Waals surface area contributed by atoms with Crippen LogP contribution in [0.25, 0.3) is 0 Å².